The molecule has 0 bridgehead atoms. The number of imidazole rings is 1. The lowest BCUT2D eigenvalue weighted by Crippen LogP contribution is -2.29. The first-order valence-electron chi connectivity index (χ1n) is 12.0. The summed E-state index contributed by atoms with van der Waals surface area (Å²) in [4.78, 5) is 9.14. The smallest absolute Gasteiger partial charge is 0.161 e. The summed E-state index contributed by atoms with van der Waals surface area (Å²) < 4.78 is 4.42. The fourth-order valence-corrected chi connectivity index (χ4v) is 5.44. The summed E-state index contributed by atoms with van der Waals surface area (Å²) in [6.07, 6.45) is 5.72. The van der Waals surface area contributed by atoms with Gasteiger partial charge in [0, 0.05) is 61.9 Å². The summed E-state index contributed by atoms with van der Waals surface area (Å²) in [6, 6.07) is 18.7. The van der Waals surface area contributed by atoms with Crippen molar-refractivity contribution < 1.29 is 5.11 Å². The SMILES string of the molecule is CN(C)C[C@H]1CN(c2ccc3c(c2)Cn2cc(-c4ccc(C#N)cc4)cc2-c2nccn2-3)C[C@H]1O. The van der Waals surface area contributed by atoms with Gasteiger partial charge in [-0.05, 0) is 61.6 Å². The van der Waals surface area contributed by atoms with E-state index in [-0.39, 0.29) is 12.0 Å². The quantitative estimate of drug-likeness (QED) is 0.440. The first-order valence-corrected chi connectivity index (χ1v) is 12.0. The number of aromatic nitrogens is 3. The lowest BCUT2D eigenvalue weighted by molar-refractivity contribution is 0.130. The van der Waals surface area contributed by atoms with Gasteiger partial charge in [-0.25, -0.2) is 4.98 Å². The van der Waals surface area contributed by atoms with Crippen LogP contribution in [0.25, 0.3) is 28.3 Å². The molecule has 6 rings (SSSR count). The third-order valence-corrected chi connectivity index (χ3v) is 7.15. The molecule has 2 aliphatic rings. The molecule has 2 aromatic carbocycles. The first kappa shape index (κ1) is 21.7. The van der Waals surface area contributed by atoms with Crippen LogP contribution in [0.2, 0.25) is 0 Å². The van der Waals surface area contributed by atoms with Crippen molar-refractivity contribution in [3.8, 4) is 34.4 Å². The van der Waals surface area contributed by atoms with E-state index in [2.05, 4.69) is 74.5 Å². The second-order valence-electron chi connectivity index (χ2n) is 9.86. The van der Waals surface area contributed by atoms with Crippen molar-refractivity contribution in [1.82, 2.24) is 19.0 Å². The molecule has 7 heteroatoms. The normalized spacial score (nSPS) is 18.7. The largest absolute Gasteiger partial charge is 0.391 e. The summed E-state index contributed by atoms with van der Waals surface area (Å²) in [5, 5.41) is 19.8. The predicted molar refractivity (Wildman–Crippen MR) is 137 cm³/mol. The van der Waals surface area contributed by atoms with Gasteiger partial charge in [0.15, 0.2) is 5.82 Å². The molecule has 2 aliphatic heterocycles. The van der Waals surface area contributed by atoms with E-state index >= 15 is 0 Å². The van der Waals surface area contributed by atoms with E-state index in [0.29, 0.717) is 12.1 Å². The van der Waals surface area contributed by atoms with E-state index in [1.165, 1.54) is 5.56 Å². The number of nitriles is 1. The van der Waals surface area contributed by atoms with Crippen LogP contribution >= 0.6 is 0 Å². The minimum absolute atomic E-state index is 0.245. The van der Waals surface area contributed by atoms with E-state index in [4.69, 9.17) is 5.26 Å². The van der Waals surface area contributed by atoms with E-state index in [1.54, 1.807) is 0 Å². The topological polar surface area (TPSA) is 73.2 Å². The molecule has 0 aliphatic carbocycles. The maximum absolute atomic E-state index is 10.6. The van der Waals surface area contributed by atoms with Gasteiger partial charge in [-0.2, -0.15) is 5.26 Å². The van der Waals surface area contributed by atoms with Gasteiger partial charge in [0.25, 0.3) is 0 Å². The Morgan fingerprint density at radius 3 is 2.69 bits per heavy atom. The molecule has 35 heavy (non-hydrogen) atoms. The van der Waals surface area contributed by atoms with Gasteiger partial charge < -0.3 is 19.5 Å². The number of hydrogen-bond donors (Lipinski definition) is 1. The molecule has 7 nitrogen and oxygen atoms in total. The summed E-state index contributed by atoms with van der Waals surface area (Å²) in [5.74, 6) is 1.16. The highest BCUT2D eigenvalue weighted by Crippen LogP contribution is 2.36. The number of nitrogens with zero attached hydrogens (tertiary/aromatic N) is 6. The molecule has 2 atom stereocenters. The van der Waals surface area contributed by atoms with E-state index in [1.807, 2.05) is 36.7 Å². The Labute approximate surface area is 205 Å². The van der Waals surface area contributed by atoms with Crippen LogP contribution in [0.5, 0.6) is 0 Å². The highest BCUT2D eigenvalue weighted by Gasteiger charge is 2.32. The number of aliphatic hydroxyl groups is 1. The first-order chi connectivity index (χ1) is 17.0. The van der Waals surface area contributed by atoms with Crippen molar-refractivity contribution >= 4 is 5.69 Å². The molecule has 2 aromatic heterocycles. The molecule has 0 spiro atoms. The molecule has 4 aromatic rings. The van der Waals surface area contributed by atoms with Gasteiger partial charge in [0.1, 0.15) is 0 Å². The minimum Gasteiger partial charge on any atom is -0.391 e. The molecule has 0 saturated carbocycles. The molecule has 0 unspecified atom stereocenters. The van der Waals surface area contributed by atoms with Crippen LogP contribution < -0.4 is 4.90 Å². The Hall–Kier alpha value is -3.86. The third kappa shape index (κ3) is 3.81. The summed E-state index contributed by atoms with van der Waals surface area (Å²) >= 11 is 0. The molecule has 176 valence electrons. The van der Waals surface area contributed by atoms with Crippen LogP contribution in [0.15, 0.2) is 67.1 Å². The number of fused-ring (bicyclic) bond motifs is 5. The van der Waals surface area contributed by atoms with E-state index < -0.39 is 0 Å². The maximum atomic E-state index is 10.6. The van der Waals surface area contributed by atoms with Gasteiger partial charge >= 0.3 is 0 Å². The van der Waals surface area contributed by atoms with Crippen molar-refractivity contribution in [2.75, 3.05) is 38.6 Å². The maximum Gasteiger partial charge on any atom is 0.161 e. The van der Waals surface area contributed by atoms with Crippen molar-refractivity contribution in [3.63, 3.8) is 0 Å². The summed E-state index contributed by atoms with van der Waals surface area (Å²) in [6.45, 7) is 3.12. The molecule has 1 N–H and O–H groups in total. The van der Waals surface area contributed by atoms with E-state index in [0.717, 1.165) is 53.7 Å². The lowest BCUT2D eigenvalue weighted by Gasteiger charge is -2.21. The average Bonchev–Trinajstić information content (AvgIpc) is 3.56. The molecule has 1 fully saturated rings. The molecular weight excluding hydrogens is 436 g/mol. The highest BCUT2D eigenvalue weighted by molar-refractivity contribution is 5.72. The second kappa shape index (κ2) is 8.42. The number of aliphatic hydroxyl groups excluding tert-OH is 1. The molecular formula is C28H28N6O. The van der Waals surface area contributed by atoms with Crippen LogP contribution in [0.4, 0.5) is 5.69 Å². The second-order valence-corrected chi connectivity index (χ2v) is 9.86. The summed E-state index contributed by atoms with van der Waals surface area (Å²) in [5.41, 5.74) is 7.40. The number of benzene rings is 2. The van der Waals surface area contributed by atoms with Gasteiger partial charge in [0.2, 0.25) is 0 Å². The molecule has 1 saturated heterocycles. The minimum atomic E-state index is -0.317. The van der Waals surface area contributed by atoms with Crippen molar-refractivity contribution in [2.45, 2.75) is 12.6 Å². The van der Waals surface area contributed by atoms with Crippen LogP contribution in [0, 0.1) is 17.2 Å². The van der Waals surface area contributed by atoms with Crippen LogP contribution in [0.1, 0.15) is 11.1 Å². The third-order valence-electron chi connectivity index (χ3n) is 7.15. The zero-order chi connectivity index (χ0) is 24.1. The van der Waals surface area contributed by atoms with Crippen molar-refractivity contribution in [1.29, 1.82) is 5.26 Å². The van der Waals surface area contributed by atoms with Crippen molar-refractivity contribution in [2.24, 2.45) is 5.92 Å². The fraction of sp³-hybridized carbons (Fsp3) is 0.286. The Bertz CT molecular complexity index is 1420. The van der Waals surface area contributed by atoms with Crippen LogP contribution in [-0.2, 0) is 6.54 Å². The Morgan fingerprint density at radius 2 is 1.91 bits per heavy atom. The van der Waals surface area contributed by atoms with Gasteiger partial charge in [-0.15, -0.1) is 0 Å². The van der Waals surface area contributed by atoms with E-state index in [9.17, 15) is 5.11 Å². The van der Waals surface area contributed by atoms with Crippen LogP contribution in [-0.4, -0.2) is 64.0 Å². The predicted octanol–water partition coefficient (Wildman–Crippen LogP) is 3.60. The fourth-order valence-electron chi connectivity index (χ4n) is 5.44. The number of anilines is 1. The van der Waals surface area contributed by atoms with Crippen LogP contribution in [0.3, 0.4) is 0 Å². The zero-order valence-electron chi connectivity index (χ0n) is 20.0. The van der Waals surface area contributed by atoms with Gasteiger partial charge in [-0.3, -0.25) is 4.57 Å². The Morgan fingerprint density at radius 1 is 1.09 bits per heavy atom. The highest BCUT2D eigenvalue weighted by atomic mass is 16.3. The van der Waals surface area contributed by atoms with Gasteiger partial charge in [0.05, 0.1) is 29.1 Å². The molecule has 0 radical (unpaired) electrons. The Kier molecular flexibility index (Phi) is 5.21. The monoisotopic (exact) mass is 464 g/mol. The van der Waals surface area contributed by atoms with Gasteiger partial charge in [-0.1, -0.05) is 12.1 Å². The number of β-amino-alcohol motifs (C(OH)–C–C–N with tert-alkyl or cyclic N) is 1. The molecule has 0 amide bonds. The Balaban J connectivity index is 1.36. The standard InChI is InChI=1S/C28H28N6O/c1-31(2)14-23-17-32(18-27(23)35)24-7-8-25-22(11-24)16-33-15-21(20-5-3-19(13-29)4-6-20)12-26(33)28-30-9-10-34(25)28/h3-12,15,23,27,35H,14,16-18H2,1-2H3/t23-,27+/m0/s1. The lowest BCUT2D eigenvalue weighted by atomic mass is 10.1. The number of hydrogen-bond acceptors (Lipinski definition) is 5. The zero-order valence-corrected chi connectivity index (χ0v) is 20.0. The molecule has 4 heterocycles. The summed E-state index contributed by atoms with van der Waals surface area (Å²) in [7, 11) is 4.11. The number of rotatable bonds is 4. The van der Waals surface area contributed by atoms with Crippen molar-refractivity contribution in [3.05, 3.63) is 78.2 Å². The average molecular weight is 465 g/mol.